The second kappa shape index (κ2) is 3.34. The summed E-state index contributed by atoms with van der Waals surface area (Å²) in [7, 11) is 4.23. The molecule has 2 nitrogen and oxygen atoms in total. The van der Waals surface area contributed by atoms with Gasteiger partial charge in [0.2, 0.25) is 16.0 Å². The zero-order valence-corrected chi connectivity index (χ0v) is 9.51. The fourth-order valence-corrected chi connectivity index (χ4v) is 2.32. The van der Waals surface area contributed by atoms with Gasteiger partial charge >= 0.3 is 0 Å². The minimum absolute atomic E-state index is 1.25. The minimum Gasteiger partial charge on any atom is -0.390 e. The number of nitrogens with zero attached hydrogens (tertiary/aromatic N) is 2. The first kappa shape index (κ1) is 9.40. The van der Waals surface area contributed by atoms with Crippen molar-refractivity contribution in [3.8, 4) is 0 Å². The van der Waals surface area contributed by atoms with E-state index in [0.29, 0.717) is 0 Å². The molecule has 0 amide bonds. The predicted octanol–water partition coefficient (Wildman–Crippen LogP) is 1.37. The average molecular weight is 206 g/mol. The molecule has 0 saturated carbocycles. The van der Waals surface area contributed by atoms with Crippen molar-refractivity contribution in [3.63, 3.8) is 0 Å². The van der Waals surface area contributed by atoms with Gasteiger partial charge in [0, 0.05) is 0 Å². The molecular weight excluding hydrogens is 194 g/mol. The van der Waals surface area contributed by atoms with E-state index in [1.807, 2.05) is 0 Å². The second-order valence-corrected chi connectivity index (χ2v) is 4.10. The van der Waals surface area contributed by atoms with Crippen LogP contribution in [0.4, 0.5) is 22.7 Å². The van der Waals surface area contributed by atoms with Crippen LogP contribution in [0.5, 0.6) is 0 Å². The number of anilines is 4. The Hall–Kier alpha value is -1.83. The zero-order valence-electron chi connectivity index (χ0n) is 9.51. The average Bonchev–Trinajstić information content (AvgIpc) is 2.36. The normalized spacial score (nSPS) is 13.2. The van der Waals surface area contributed by atoms with Gasteiger partial charge in [-0.1, -0.05) is 24.3 Å². The Balaban J connectivity index is 2.26. The Labute approximate surface area is 97.4 Å². The first-order valence-corrected chi connectivity index (χ1v) is 5.44. The standard InChI is InChI=1S/C12H12B2N2/c13-15-9-5-1-2-6-10(9)16(14)12-8-4-3-7-11(12)15/h1-8H,13-14H2. The topological polar surface area (TPSA) is 6.48 Å². The molecule has 4 heteroatoms. The van der Waals surface area contributed by atoms with Crippen LogP contribution in [0.2, 0.25) is 0 Å². The molecule has 0 N–H and O–H groups in total. The van der Waals surface area contributed by atoms with E-state index in [9.17, 15) is 0 Å². The van der Waals surface area contributed by atoms with E-state index < -0.39 is 0 Å². The fourth-order valence-electron chi connectivity index (χ4n) is 2.32. The first-order valence-electron chi connectivity index (χ1n) is 5.44. The van der Waals surface area contributed by atoms with Crippen molar-refractivity contribution in [2.24, 2.45) is 0 Å². The molecule has 76 valence electrons. The summed E-state index contributed by atoms with van der Waals surface area (Å²) >= 11 is 0. The van der Waals surface area contributed by atoms with Crippen LogP contribution in [-0.2, 0) is 0 Å². The van der Waals surface area contributed by atoms with Crippen LogP contribution >= 0.6 is 0 Å². The second-order valence-electron chi connectivity index (χ2n) is 4.10. The van der Waals surface area contributed by atoms with E-state index in [1.165, 1.54) is 22.7 Å². The van der Waals surface area contributed by atoms with E-state index in [-0.39, 0.29) is 0 Å². The molecule has 0 radical (unpaired) electrons. The highest BCUT2D eigenvalue weighted by atomic mass is 15.2. The number of hydrogen-bond donors (Lipinski definition) is 0. The number of rotatable bonds is 0. The number of fused-ring (bicyclic) bond motifs is 2. The van der Waals surface area contributed by atoms with Crippen LogP contribution in [0.3, 0.4) is 0 Å². The lowest BCUT2D eigenvalue weighted by Gasteiger charge is -2.37. The van der Waals surface area contributed by atoms with E-state index in [2.05, 4.69) is 74.1 Å². The zero-order chi connectivity index (χ0) is 11.1. The molecule has 0 atom stereocenters. The van der Waals surface area contributed by atoms with E-state index in [0.717, 1.165) is 0 Å². The third-order valence-electron chi connectivity index (χ3n) is 3.21. The fraction of sp³-hybridized carbons (Fsp3) is 0. The van der Waals surface area contributed by atoms with Gasteiger partial charge < -0.3 is 9.62 Å². The minimum atomic E-state index is 1.25. The van der Waals surface area contributed by atoms with Gasteiger partial charge in [-0.15, -0.1) is 0 Å². The van der Waals surface area contributed by atoms with Gasteiger partial charge in [-0.3, -0.25) is 0 Å². The van der Waals surface area contributed by atoms with Gasteiger partial charge in [0.05, 0.1) is 22.7 Å². The molecular formula is C12H12B2N2. The molecule has 0 bridgehead atoms. The smallest absolute Gasteiger partial charge is 0.223 e. The molecule has 1 aliphatic rings. The van der Waals surface area contributed by atoms with Crippen molar-refractivity contribution < 1.29 is 0 Å². The van der Waals surface area contributed by atoms with Crippen LogP contribution in [-0.4, -0.2) is 16.0 Å². The number of hydrogen-bond acceptors (Lipinski definition) is 2. The molecule has 0 spiro atoms. The molecule has 0 aliphatic carbocycles. The van der Waals surface area contributed by atoms with Gasteiger partial charge in [0.15, 0.2) is 0 Å². The molecule has 3 rings (SSSR count). The molecule has 2 aromatic carbocycles. The molecule has 0 saturated heterocycles. The van der Waals surface area contributed by atoms with Crippen molar-refractivity contribution >= 4 is 38.7 Å². The largest absolute Gasteiger partial charge is 0.390 e. The highest BCUT2D eigenvalue weighted by Crippen LogP contribution is 2.44. The Morgan fingerprint density at radius 3 is 1.06 bits per heavy atom. The summed E-state index contributed by atoms with van der Waals surface area (Å²) < 4.78 is 0. The SMILES string of the molecule is BN1c2ccccc2N(B)c2ccccc21. The Morgan fingerprint density at radius 2 is 0.812 bits per heavy atom. The molecule has 16 heavy (non-hydrogen) atoms. The maximum absolute atomic E-state index is 2.24. The van der Waals surface area contributed by atoms with Crippen LogP contribution in [0.25, 0.3) is 0 Å². The predicted molar refractivity (Wildman–Crippen MR) is 74.3 cm³/mol. The lowest BCUT2D eigenvalue weighted by molar-refractivity contribution is 1.29. The number of benzene rings is 2. The van der Waals surface area contributed by atoms with Gasteiger partial charge in [-0.2, -0.15) is 0 Å². The van der Waals surface area contributed by atoms with Crippen molar-refractivity contribution in [3.05, 3.63) is 48.5 Å². The van der Waals surface area contributed by atoms with Crippen molar-refractivity contribution in [1.29, 1.82) is 0 Å². The van der Waals surface area contributed by atoms with Crippen molar-refractivity contribution in [1.82, 2.24) is 0 Å². The van der Waals surface area contributed by atoms with Crippen molar-refractivity contribution in [2.45, 2.75) is 0 Å². The molecule has 1 heterocycles. The molecule has 2 aromatic rings. The van der Waals surface area contributed by atoms with Gasteiger partial charge in [-0.05, 0) is 24.3 Å². The third kappa shape index (κ3) is 1.16. The van der Waals surface area contributed by atoms with Crippen LogP contribution in [0, 0.1) is 0 Å². The quantitative estimate of drug-likeness (QED) is 0.600. The lowest BCUT2D eigenvalue weighted by Crippen LogP contribution is -2.25. The van der Waals surface area contributed by atoms with Crippen LogP contribution in [0.1, 0.15) is 0 Å². The molecule has 0 fully saturated rings. The molecule has 1 aliphatic heterocycles. The highest BCUT2D eigenvalue weighted by Gasteiger charge is 2.21. The lowest BCUT2D eigenvalue weighted by atomic mass is 10.0. The van der Waals surface area contributed by atoms with Crippen LogP contribution < -0.4 is 9.62 Å². The summed E-state index contributed by atoms with van der Waals surface area (Å²) in [6.45, 7) is 0. The van der Waals surface area contributed by atoms with Gasteiger partial charge in [0.1, 0.15) is 0 Å². The summed E-state index contributed by atoms with van der Waals surface area (Å²) in [6.07, 6.45) is 0. The molecule has 0 unspecified atom stereocenters. The Kier molecular flexibility index (Phi) is 1.96. The summed E-state index contributed by atoms with van der Waals surface area (Å²) in [5.41, 5.74) is 5.01. The third-order valence-corrected chi connectivity index (χ3v) is 3.21. The summed E-state index contributed by atoms with van der Waals surface area (Å²) in [5.74, 6) is 0. The Morgan fingerprint density at radius 1 is 0.562 bits per heavy atom. The first-order chi connectivity index (χ1) is 7.79. The molecule has 0 aromatic heterocycles. The number of para-hydroxylation sites is 4. The summed E-state index contributed by atoms with van der Waals surface area (Å²) in [4.78, 5) is 4.48. The van der Waals surface area contributed by atoms with Gasteiger partial charge in [0.25, 0.3) is 0 Å². The highest BCUT2D eigenvalue weighted by molar-refractivity contribution is 6.32. The van der Waals surface area contributed by atoms with Gasteiger partial charge in [-0.25, -0.2) is 0 Å². The monoisotopic (exact) mass is 206 g/mol. The maximum Gasteiger partial charge on any atom is 0.223 e. The summed E-state index contributed by atoms with van der Waals surface area (Å²) in [6, 6.07) is 16.9. The van der Waals surface area contributed by atoms with E-state index in [4.69, 9.17) is 0 Å². The maximum atomic E-state index is 2.24. The van der Waals surface area contributed by atoms with E-state index in [1.54, 1.807) is 0 Å². The summed E-state index contributed by atoms with van der Waals surface area (Å²) in [5, 5.41) is 0. The van der Waals surface area contributed by atoms with Crippen molar-refractivity contribution in [2.75, 3.05) is 9.62 Å². The Bertz CT molecular complexity index is 447. The van der Waals surface area contributed by atoms with Crippen LogP contribution in [0.15, 0.2) is 48.5 Å². The van der Waals surface area contributed by atoms with E-state index >= 15 is 0 Å².